The molecule has 0 radical (unpaired) electrons. The van der Waals surface area contributed by atoms with E-state index < -0.39 is 6.10 Å². The molecule has 0 aliphatic heterocycles. The Balaban J connectivity index is 3.57. The molecular weight excluding hydrogens is 220 g/mol. The van der Waals surface area contributed by atoms with E-state index in [1.165, 1.54) is 0 Å². The predicted octanol–water partition coefficient (Wildman–Crippen LogP) is 2.29. The summed E-state index contributed by atoms with van der Waals surface area (Å²) >= 11 is 0. The van der Waals surface area contributed by atoms with Gasteiger partial charge in [0.1, 0.15) is 6.10 Å². The van der Waals surface area contributed by atoms with Crippen LogP contribution < -0.4 is 0 Å². The minimum atomic E-state index is -0.513. The molecule has 0 aliphatic rings. The van der Waals surface area contributed by atoms with Crippen LogP contribution in [0.4, 0.5) is 0 Å². The second-order valence-electron chi connectivity index (χ2n) is 4.18. The molecule has 0 saturated carbocycles. The summed E-state index contributed by atoms with van der Waals surface area (Å²) in [6.45, 7) is 4.93. The van der Waals surface area contributed by atoms with Crippen LogP contribution in [-0.2, 0) is 14.3 Å². The number of rotatable bonds is 11. The maximum absolute atomic E-state index is 11.3. The van der Waals surface area contributed by atoms with E-state index in [2.05, 4.69) is 6.92 Å². The number of ether oxygens (including phenoxy) is 2. The van der Waals surface area contributed by atoms with Gasteiger partial charge in [-0.05, 0) is 12.8 Å². The molecule has 0 amide bonds. The first kappa shape index (κ1) is 16.4. The van der Waals surface area contributed by atoms with Gasteiger partial charge in [0, 0.05) is 13.0 Å². The fraction of sp³-hybridized carbons (Fsp3) is 0.923. The van der Waals surface area contributed by atoms with E-state index in [0.29, 0.717) is 13.0 Å². The fourth-order valence-electron chi connectivity index (χ4n) is 1.36. The van der Waals surface area contributed by atoms with E-state index >= 15 is 0 Å². The molecule has 4 nitrogen and oxygen atoms in total. The van der Waals surface area contributed by atoms with Gasteiger partial charge >= 0.3 is 5.97 Å². The SMILES string of the molecule is CCCCCOC[C@@H](CO)OC(=O)CCCC. The van der Waals surface area contributed by atoms with Crippen molar-refractivity contribution in [3.05, 3.63) is 0 Å². The molecule has 0 unspecified atom stereocenters. The number of carbonyl (C=O) groups excluding carboxylic acids is 1. The van der Waals surface area contributed by atoms with Crippen LogP contribution in [0.2, 0.25) is 0 Å². The van der Waals surface area contributed by atoms with Crippen LogP contribution in [0.1, 0.15) is 52.4 Å². The molecule has 1 N–H and O–H groups in total. The van der Waals surface area contributed by atoms with Crippen LogP contribution in [0.25, 0.3) is 0 Å². The van der Waals surface area contributed by atoms with Gasteiger partial charge in [0.15, 0.2) is 0 Å². The Labute approximate surface area is 104 Å². The molecule has 4 heteroatoms. The molecule has 0 spiro atoms. The van der Waals surface area contributed by atoms with Gasteiger partial charge in [0.2, 0.25) is 0 Å². The minimum Gasteiger partial charge on any atom is -0.457 e. The van der Waals surface area contributed by atoms with Gasteiger partial charge in [-0.1, -0.05) is 33.1 Å². The number of unbranched alkanes of at least 4 members (excludes halogenated alkanes) is 3. The summed E-state index contributed by atoms with van der Waals surface area (Å²) in [5, 5.41) is 9.05. The highest BCUT2D eigenvalue weighted by molar-refractivity contribution is 5.69. The second kappa shape index (κ2) is 11.9. The molecule has 0 aromatic carbocycles. The molecule has 0 heterocycles. The lowest BCUT2D eigenvalue weighted by molar-refractivity contribution is -0.154. The smallest absolute Gasteiger partial charge is 0.306 e. The lowest BCUT2D eigenvalue weighted by Gasteiger charge is -2.15. The highest BCUT2D eigenvalue weighted by atomic mass is 16.6. The van der Waals surface area contributed by atoms with E-state index in [9.17, 15) is 4.79 Å². The molecule has 1 atom stereocenters. The van der Waals surface area contributed by atoms with Crippen molar-refractivity contribution in [1.82, 2.24) is 0 Å². The Morgan fingerprint density at radius 1 is 1.18 bits per heavy atom. The second-order valence-corrected chi connectivity index (χ2v) is 4.18. The summed E-state index contributed by atoms with van der Waals surface area (Å²) in [6, 6.07) is 0. The summed E-state index contributed by atoms with van der Waals surface area (Å²) in [5.74, 6) is -0.247. The standard InChI is InChI=1S/C13H26O4/c1-3-5-7-9-16-11-12(10-14)17-13(15)8-6-4-2/h12,14H,3-11H2,1-2H3/t12-/m1/s1. The van der Waals surface area contributed by atoms with Gasteiger partial charge in [0.05, 0.1) is 13.2 Å². The van der Waals surface area contributed by atoms with Gasteiger partial charge in [-0.25, -0.2) is 0 Å². The van der Waals surface area contributed by atoms with E-state index in [4.69, 9.17) is 14.6 Å². The van der Waals surface area contributed by atoms with Crippen molar-refractivity contribution in [2.45, 2.75) is 58.5 Å². The average molecular weight is 246 g/mol. The maximum atomic E-state index is 11.3. The Bertz CT molecular complexity index is 182. The van der Waals surface area contributed by atoms with E-state index in [0.717, 1.165) is 32.1 Å². The molecule has 0 fully saturated rings. The van der Waals surface area contributed by atoms with Crippen LogP contribution in [0, 0.1) is 0 Å². The highest BCUT2D eigenvalue weighted by Crippen LogP contribution is 2.02. The molecule has 0 aromatic heterocycles. The topological polar surface area (TPSA) is 55.8 Å². The first-order valence-electron chi connectivity index (χ1n) is 6.62. The molecule has 0 aromatic rings. The molecule has 0 rings (SSSR count). The lowest BCUT2D eigenvalue weighted by Crippen LogP contribution is -2.27. The number of hydrogen-bond donors (Lipinski definition) is 1. The third-order valence-corrected chi connectivity index (χ3v) is 2.43. The van der Waals surface area contributed by atoms with Crippen LogP contribution in [0.3, 0.4) is 0 Å². The summed E-state index contributed by atoms with van der Waals surface area (Å²) < 4.78 is 10.5. The lowest BCUT2D eigenvalue weighted by atomic mass is 10.2. The summed E-state index contributed by atoms with van der Waals surface area (Å²) in [6.07, 6.45) is 5.00. The van der Waals surface area contributed by atoms with Gasteiger partial charge in [-0.2, -0.15) is 0 Å². The average Bonchev–Trinajstić information content (AvgIpc) is 2.34. The van der Waals surface area contributed by atoms with Gasteiger partial charge < -0.3 is 14.6 Å². The number of aliphatic hydroxyl groups is 1. The van der Waals surface area contributed by atoms with E-state index in [1.807, 2.05) is 6.92 Å². The minimum absolute atomic E-state index is 0.175. The Kier molecular flexibility index (Phi) is 11.4. The van der Waals surface area contributed by atoms with Crippen molar-refractivity contribution in [2.24, 2.45) is 0 Å². The van der Waals surface area contributed by atoms with E-state index in [-0.39, 0.29) is 19.2 Å². The van der Waals surface area contributed by atoms with Crippen molar-refractivity contribution in [3.63, 3.8) is 0 Å². The Morgan fingerprint density at radius 2 is 1.88 bits per heavy atom. The molecule has 17 heavy (non-hydrogen) atoms. The molecule has 0 saturated heterocycles. The predicted molar refractivity (Wildman–Crippen MR) is 66.8 cm³/mol. The highest BCUT2D eigenvalue weighted by Gasteiger charge is 2.13. The van der Waals surface area contributed by atoms with Gasteiger partial charge in [-0.15, -0.1) is 0 Å². The number of aliphatic hydroxyl groups excluding tert-OH is 1. The zero-order chi connectivity index (χ0) is 12.9. The van der Waals surface area contributed by atoms with Gasteiger partial charge in [-0.3, -0.25) is 4.79 Å². The third kappa shape index (κ3) is 10.3. The van der Waals surface area contributed by atoms with Gasteiger partial charge in [0.25, 0.3) is 0 Å². The first-order chi connectivity index (χ1) is 8.24. The van der Waals surface area contributed by atoms with Crippen molar-refractivity contribution in [1.29, 1.82) is 0 Å². The largest absolute Gasteiger partial charge is 0.457 e. The zero-order valence-corrected chi connectivity index (χ0v) is 11.1. The molecule has 0 bridgehead atoms. The molecule has 102 valence electrons. The third-order valence-electron chi connectivity index (χ3n) is 2.43. The molecule has 0 aliphatic carbocycles. The normalized spacial score (nSPS) is 12.4. The Hall–Kier alpha value is -0.610. The summed E-state index contributed by atoms with van der Waals surface area (Å²) in [4.78, 5) is 11.3. The maximum Gasteiger partial charge on any atom is 0.306 e. The van der Waals surface area contributed by atoms with E-state index in [1.54, 1.807) is 0 Å². The monoisotopic (exact) mass is 246 g/mol. The zero-order valence-electron chi connectivity index (χ0n) is 11.1. The van der Waals surface area contributed by atoms with Crippen LogP contribution in [0.5, 0.6) is 0 Å². The van der Waals surface area contributed by atoms with Crippen LogP contribution >= 0.6 is 0 Å². The number of carbonyl (C=O) groups is 1. The van der Waals surface area contributed by atoms with Crippen molar-refractivity contribution < 1.29 is 19.4 Å². The van der Waals surface area contributed by atoms with Crippen molar-refractivity contribution in [3.8, 4) is 0 Å². The summed E-state index contributed by atoms with van der Waals surface area (Å²) in [7, 11) is 0. The number of hydrogen-bond acceptors (Lipinski definition) is 4. The molecular formula is C13H26O4. The summed E-state index contributed by atoms with van der Waals surface area (Å²) in [5.41, 5.74) is 0. The quantitative estimate of drug-likeness (QED) is 0.449. The first-order valence-corrected chi connectivity index (χ1v) is 6.62. The van der Waals surface area contributed by atoms with Crippen molar-refractivity contribution in [2.75, 3.05) is 19.8 Å². The number of esters is 1. The van der Waals surface area contributed by atoms with Crippen LogP contribution in [0.15, 0.2) is 0 Å². The Morgan fingerprint density at radius 3 is 2.47 bits per heavy atom. The van der Waals surface area contributed by atoms with Crippen molar-refractivity contribution >= 4 is 5.97 Å². The fourth-order valence-corrected chi connectivity index (χ4v) is 1.36. The van der Waals surface area contributed by atoms with Crippen LogP contribution in [-0.4, -0.2) is 37.0 Å².